The summed E-state index contributed by atoms with van der Waals surface area (Å²) in [5.74, 6) is -0.438. The highest BCUT2D eigenvalue weighted by molar-refractivity contribution is 9.10. The normalized spacial score (nSPS) is 20.6. The predicted molar refractivity (Wildman–Crippen MR) is 70.0 cm³/mol. The van der Waals surface area contributed by atoms with Crippen molar-refractivity contribution in [2.45, 2.75) is 19.4 Å². The molecule has 98 valence electrons. The lowest BCUT2D eigenvalue weighted by Gasteiger charge is -2.22. The molecule has 1 amide bonds. The summed E-state index contributed by atoms with van der Waals surface area (Å²) in [5.41, 5.74) is 0.498. The molecule has 0 aromatic heterocycles. The Morgan fingerprint density at radius 1 is 1.56 bits per heavy atom. The van der Waals surface area contributed by atoms with Gasteiger partial charge in [-0.05, 0) is 47.5 Å². The molecular weight excluding hydrogens is 301 g/mol. The number of carbonyl (C=O) groups is 1. The second-order valence-electron chi connectivity index (χ2n) is 4.42. The molecule has 1 aliphatic heterocycles. The molecule has 1 aliphatic rings. The van der Waals surface area contributed by atoms with Crippen molar-refractivity contribution in [1.29, 1.82) is 0 Å². The van der Waals surface area contributed by atoms with E-state index >= 15 is 0 Å². The highest BCUT2D eigenvalue weighted by Gasteiger charge is 2.21. The van der Waals surface area contributed by atoms with Crippen molar-refractivity contribution in [3.05, 3.63) is 34.1 Å². The molecule has 1 aromatic rings. The summed E-state index contributed by atoms with van der Waals surface area (Å²) in [7, 11) is 0. The van der Waals surface area contributed by atoms with E-state index in [4.69, 9.17) is 4.74 Å². The minimum absolute atomic E-state index is 0.0420. The Labute approximate surface area is 114 Å². The molecule has 1 fully saturated rings. The first-order valence-corrected chi connectivity index (χ1v) is 6.73. The zero-order chi connectivity index (χ0) is 13.1. The first kappa shape index (κ1) is 13.5. The summed E-state index contributed by atoms with van der Waals surface area (Å²) in [4.78, 5) is 14.0. The van der Waals surface area contributed by atoms with Crippen molar-refractivity contribution in [1.82, 2.24) is 4.90 Å². The average Bonchev–Trinajstić information content (AvgIpc) is 2.56. The lowest BCUT2D eigenvalue weighted by Crippen LogP contribution is -2.35. The number of benzene rings is 1. The molecule has 5 heteroatoms. The maximum atomic E-state index is 13.1. The van der Waals surface area contributed by atoms with Crippen molar-refractivity contribution < 1.29 is 13.9 Å². The smallest absolute Gasteiger partial charge is 0.253 e. The lowest BCUT2D eigenvalue weighted by molar-refractivity contribution is 0.0562. The van der Waals surface area contributed by atoms with E-state index in [0.717, 1.165) is 6.42 Å². The number of hydrogen-bond acceptors (Lipinski definition) is 2. The number of amides is 1. The van der Waals surface area contributed by atoms with E-state index in [1.807, 2.05) is 6.92 Å². The molecule has 1 aromatic carbocycles. The van der Waals surface area contributed by atoms with E-state index in [2.05, 4.69) is 15.9 Å². The van der Waals surface area contributed by atoms with E-state index in [-0.39, 0.29) is 17.8 Å². The van der Waals surface area contributed by atoms with Gasteiger partial charge in [0.05, 0.1) is 10.6 Å². The first-order valence-electron chi connectivity index (χ1n) is 5.94. The van der Waals surface area contributed by atoms with Gasteiger partial charge in [0.25, 0.3) is 5.91 Å². The molecule has 1 heterocycles. The minimum Gasteiger partial charge on any atom is -0.377 e. The molecule has 0 spiro atoms. The van der Waals surface area contributed by atoms with Crippen LogP contribution < -0.4 is 0 Å². The van der Waals surface area contributed by atoms with Crippen LogP contribution in [0.1, 0.15) is 23.7 Å². The van der Waals surface area contributed by atoms with Crippen molar-refractivity contribution in [3.8, 4) is 0 Å². The molecule has 3 nitrogen and oxygen atoms in total. The quantitative estimate of drug-likeness (QED) is 0.797. The van der Waals surface area contributed by atoms with Crippen LogP contribution >= 0.6 is 15.9 Å². The molecule has 0 radical (unpaired) electrons. The van der Waals surface area contributed by atoms with Gasteiger partial charge in [0.1, 0.15) is 5.82 Å². The number of carbonyl (C=O) groups excluding carboxylic acids is 1. The molecule has 18 heavy (non-hydrogen) atoms. The standard InChI is InChI=1S/C13H15BrFNO2/c1-9-8-16(5-2-6-18-9)13(17)10-3-4-12(15)11(14)7-10/h3-4,7,9H,2,5-6,8H2,1H3. The molecular formula is C13H15BrFNO2. The second-order valence-corrected chi connectivity index (χ2v) is 5.27. The number of nitrogens with zero attached hydrogens (tertiary/aromatic N) is 1. The Hall–Kier alpha value is -0.940. The lowest BCUT2D eigenvalue weighted by atomic mass is 10.2. The van der Waals surface area contributed by atoms with E-state index in [1.54, 1.807) is 4.90 Å². The second kappa shape index (κ2) is 5.80. The van der Waals surface area contributed by atoms with Crippen LogP contribution in [0.3, 0.4) is 0 Å². The molecule has 0 saturated carbocycles. The van der Waals surface area contributed by atoms with Crippen LogP contribution in [-0.2, 0) is 4.74 Å². The zero-order valence-electron chi connectivity index (χ0n) is 10.2. The Morgan fingerprint density at radius 3 is 3.06 bits per heavy atom. The van der Waals surface area contributed by atoms with Gasteiger partial charge in [-0.25, -0.2) is 4.39 Å². The van der Waals surface area contributed by atoms with E-state index in [1.165, 1.54) is 18.2 Å². The SMILES string of the molecule is CC1CN(C(=O)c2ccc(F)c(Br)c2)CCCO1. The van der Waals surface area contributed by atoms with Crippen LogP contribution in [0.4, 0.5) is 4.39 Å². The fourth-order valence-corrected chi connectivity index (χ4v) is 2.37. The molecule has 0 N–H and O–H groups in total. The van der Waals surface area contributed by atoms with E-state index < -0.39 is 0 Å². The zero-order valence-corrected chi connectivity index (χ0v) is 11.7. The highest BCUT2D eigenvalue weighted by Crippen LogP contribution is 2.19. The van der Waals surface area contributed by atoms with Gasteiger partial charge in [0.2, 0.25) is 0 Å². The summed E-state index contributed by atoms with van der Waals surface area (Å²) in [5, 5.41) is 0. The third-order valence-electron chi connectivity index (χ3n) is 2.91. The number of halogens is 2. The van der Waals surface area contributed by atoms with Crippen molar-refractivity contribution in [2.75, 3.05) is 19.7 Å². The highest BCUT2D eigenvalue weighted by atomic mass is 79.9. The van der Waals surface area contributed by atoms with Crippen molar-refractivity contribution >= 4 is 21.8 Å². The summed E-state index contributed by atoms with van der Waals surface area (Å²) in [6.07, 6.45) is 0.874. The molecule has 2 rings (SSSR count). The van der Waals surface area contributed by atoms with Gasteiger partial charge in [-0.2, -0.15) is 0 Å². The largest absolute Gasteiger partial charge is 0.377 e. The summed E-state index contributed by atoms with van der Waals surface area (Å²) in [6.45, 7) is 3.89. The van der Waals surface area contributed by atoms with Gasteiger partial charge >= 0.3 is 0 Å². The monoisotopic (exact) mass is 315 g/mol. The minimum atomic E-state index is -0.362. The fourth-order valence-electron chi connectivity index (χ4n) is 1.99. The number of hydrogen-bond donors (Lipinski definition) is 0. The average molecular weight is 316 g/mol. The van der Waals surface area contributed by atoms with Gasteiger partial charge in [-0.3, -0.25) is 4.79 Å². The van der Waals surface area contributed by atoms with E-state index in [9.17, 15) is 9.18 Å². The molecule has 1 unspecified atom stereocenters. The summed E-state index contributed by atoms with van der Waals surface area (Å²) >= 11 is 3.10. The van der Waals surface area contributed by atoms with Crippen LogP contribution in [0.2, 0.25) is 0 Å². The molecule has 0 bridgehead atoms. The maximum absolute atomic E-state index is 13.1. The Kier molecular flexibility index (Phi) is 4.35. The fraction of sp³-hybridized carbons (Fsp3) is 0.462. The van der Waals surface area contributed by atoms with Crippen molar-refractivity contribution in [3.63, 3.8) is 0 Å². The van der Waals surface area contributed by atoms with Gasteiger partial charge in [0.15, 0.2) is 0 Å². The molecule has 1 saturated heterocycles. The van der Waals surface area contributed by atoms with Crippen LogP contribution in [0.15, 0.2) is 22.7 Å². The van der Waals surface area contributed by atoms with Gasteiger partial charge < -0.3 is 9.64 Å². The van der Waals surface area contributed by atoms with Gasteiger partial charge in [-0.1, -0.05) is 0 Å². The summed E-state index contributed by atoms with van der Waals surface area (Å²) in [6, 6.07) is 4.34. The predicted octanol–water partition coefficient (Wildman–Crippen LogP) is 2.84. The van der Waals surface area contributed by atoms with E-state index in [0.29, 0.717) is 29.7 Å². The Balaban J connectivity index is 2.16. The van der Waals surface area contributed by atoms with Crippen LogP contribution in [0.5, 0.6) is 0 Å². The van der Waals surface area contributed by atoms with Crippen LogP contribution in [0.25, 0.3) is 0 Å². The number of ether oxygens (including phenoxy) is 1. The van der Waals surface area contributed by atoms with Crippen LogP contribution in [-0.4, -0.2) is 36.6 Å². The van der Waals surface area contributed by atoms with Crippen LogP contribution in [0, 0.1) is 5.82 Å². The number of rotatable bonds is 1. The first-order chi connectivity index (χ1) is 8.58. The molecule has 1 atom stereocenters. The Bertz CT molecular complexity index is 453. The maximum Gasteiger partial charge on any atom is 0.253 e. The third kappa shape index (κ3) is 3.09. The third-order valence-corrected chi connectivity index (χ3v) is 3.51. The van der Waals surface area contributed by atoms with Gasteiger partial charge in [-0.15, -0.1) is 0 Å². The van der Waals surface area contributed by atoms with Gasteiger partial charge in [0, 0.05) is 25.3 Å². The summed E-state index contributed by atoms with van der Waals surface area (Å²) < 4.78 is 19.0. The topological polar surface area (TPSA) is 29.5 Å². The molecule has 0 aliphatic carbocycles. The Morgan fingerprint density at radius 2 is 2.33 bits per heavy atom. The van der Waals surface area contributed by atoms with Crippen molar-refractivity contribution in [2.24, 2.45) is 0 Å².